The van der Waals surface area contributed by atoms with E-state index in [1.807, 2.05) is 12.4 Å². The molecule has 1 N–H and O–H groups in total. The Kier molecular flexibility index (Phi) is 3.66. The first kappa shape index (κ1) is 12.8. The summed E-state index contributed by atoms with van der Waals surface area (Å²) in [5.41, 5.74) is 1.18. The van der Waals surface area contributed by atoms with Gasteiger partial charge in [-0.05, 0) is 33.4 Å². The lowest BCUT2D eigenvalue weighted by atomic mass is 10.2. The van der Waals surface area contributed by atoms with Crippen LogP contribution in [0.5, 0.6) is 0 Å². The van der Waals surface area contributed by atoms with Gasteiger partial charge in [0.2, 0.25) is 5.95 Å². The maximum Gasteiger partial charge on any atom is 0.225 e. The highest BCUT2D eigenvalue weighted by atomic mass is 15.3. The van der Waals surface area contributed by atoms with E-state index in [0.29, 0.717) is 6.04 Å². The maximum atomic E-state index is 4.51. The first-order valence-corrected chi connectivity index (χ1v) is 7.18. The number of hydrogen-bond acceptors (Lipinski definition) is 5. The van der Waals surface area contributed by atoms with E-state index in [4.69, 9.17) is 0 Å². The molecule has 1 unspecified atom stereocenters. The Labute approximate surface area is 115 Å². The van der Waals surface area contributed by atoms with E-state index >= 15 is 0 Å². The zero-order chi connectivity index (χ0) is 13.2. The number of anilines is 1. The fraction of sp³-hybridized carbons (Fsp3) is 0.714. The second kappa shape index (κ2) is 5.43. The van der Waals surface area contributed by atoms with Gasteiger partial charge in [-0.3, -0.25) is 0 Å². The van der Waals surface area contributed by atoms with Crippen molar-refractivity contribution in [1.82, 2.24) is 20.2 Å². The summed E-state index contributed by atoms with van der Waals surface area (Å²) in [6.45, 7) is 2.99. The number of likely N-dealkylation sites (N-methyl/N-ethyl adjacent to an activating group) is 1. The van der Waals surface area contributed by atoms with Crippen LogP contribution in [0.25, 0.3) is 0 Å². The predicted octanol–water partition coefficient (Wildman–Crippen LogP) is 0.869. The van der Waals surface area contributed by atoms with Crippen LogP contribution in [0.4, 0.5) is 5.95 Å². The van der Waals surface area contributed by atoms with Crippen LogP contribution < -0.4 is 10.2 Å². The van der Waals surface area contributed by atoms with Crippen LogP contribution in [0.2, 0.25) is 0 Å². The Morgan fingerprint density at radius 1 is 1.26 bits per heavy atom. The average molecular weight is 261 g/mol. The van der Waals surface area contributed by atoms with E-state index in [1.54, 1.807) is 0 Å². The van der Waals surface area contributed by atoms with Crippen LogP contribution in [0.1, 0.15) is 24.8 Å². The third kappa shape index (κ3) is 3.22. The minimum absolute atomic E-state index is 0.625. The van der Waals surface area contributed by atoms with Crippen molar-refractivity contribution in [2.24, 2.45) is 0 Å². The molecule has 2 aliphatic rings. The topological polar surface area (TPSA) is 44.3 Å². The Hall–Kier alpha value is -1.20. The second-order valence-electron chi connectivity index (χ2n) is 5.90. The molecule has 0 bridgehead atoms. The van der Waals surface area contributed by atoms with Gasteiger partial charge in [0.25, 0.3) is 0 Å². The van der Waals surface area contributed by atoms with Gasteiger partial charge in [0.1, 0.15) is 0 Å². The van der Waals surface area contributed by atoms with E-state index < -0.39 is 0 Å². The second-order valence-corrected chi connectivity index (χ2v) is 5.90. The molecule has 1 aromatic heterocycles. The molecule has 2 heterocycles. The molecule has 1 saturated carbocycles. The predicted molar refractivity (Wildman–Crippen MR) is 76.2 cm³/mol. The summed E-state index contributed by atoms with van der Waals surface area (Å²) in [4.78, 5) is 13.6. The van der Waals surface area contributed by atoms with Crippen molar-refractivity contribution in [2.75, 3.05) is 32.1 Å². The SMILES string of the molecule is CN(C)C1CCN(c2ncc(CNC3CC3)cn2)C1. The van der Waals surface area contributed by atoms with Gasteiger partial charge in [0.15, 0.2) is 0 Å². The molecule has 0 radical (unpaired) electrons. The minimum Gasteiger partial charge on any atom is -0.339 e. The summed E-state index contributed by atoms with van der Waals surface area (Å²) in [5.74, 6) is 0.875. The van der Waals surface area contributed by atoms with Crippen molar-refractivity contribution in [3.8, 4) is 0 Å². The standard InChI is InChI=1S/C14H23N5/c1-18(2)13-5-6-19(10-13)14-16-8-11(9-17-14)7-15-12-3-4-12/h8-9,12-13,15H,3-7,10H2,1-2H3. The normalized spacial score (nSPS) is 23.3. The Morgan fingerprint density at radius 2 is 2.00 bits per heavy atom. The molecule has 5 heteroatoms. The molecule has 1 aliphatic carbocycles. The minimum atomic E-state index is 0.625. The summed E-state index contributed by atoms with van der Waals surface area (Å²) in [5, 5.41) is 3.48. The molecular formula is C14H23N5. The van der Waals surface area contributed by atoms with Crippen molar-refractivity contribution < 1.29 is 0 Å². The number of rotatable bonds is 5. The van der Waals surface area contributed by atoms with E-state index in [-0.39, 0.29) is 0 Å². The number of nitrogens with one attached hydrogen (secondary N) is 1. The molecule has 1 saturated heterocycles. The van der Waals surface area contributed by atoms with Crippen LogP contribution in [0.15, 0.2) is 12.4 Å². The molecule has 5 nitrogen and oxygen atoms in total. The van der Waals surface area contributed by atoms with E-state index in [2.05, 4.69) is 39.2 Å². The van der Waals surface area contributed by atoms with Crippen molar-refractivity contribution in [1.29, 1.82) is 0 Å². The highest BCUT2D eigenvalue weighted by Gasteiger charge is 2.25. The van der Waals surface area contributed by atoms with Gasteiger partial charge >= 0.3 is 0 Å². The molecule has 0 amide bonds. The lowest BCUT2D eigenvalue weighted by Crippen LogP contribution is -2.32. The maximum absolute atomic E-state index is 4.51. The molecule has 1 atom stereocenters. The third-order valence-corrected chi connectivity index (χ3v) is 4.04. The number of nitrogens with zero attached hydrogens (tertiary/aromatic N) is 4. The zero-order valence-corrected chi connectivity index (χ0v) is 11.8. The van der Waals surface area contributed by atoms with E-state index in [1.165, 1.54) is 24.8 Å². The van der Waals surface area contributed by atoms with Crippen LogP contribution in [-0.4, -0.2) is 54.1 Å². The molecule has 3 rings (SSSR count). The lowest BCUT2D eigenvalue weighted by molar-refractivity contribution is 0.315. The Morgan fingerprint density at radius 3 is 2.58 bits per heavy atom. The average Bonchev–Trinajstić information content (AvgIpc) is 3.11. The largest absolute Gasteiger partial charge is 0.339 e. The van der Waals surface area contributed by atoms with Gasteiger partial charge in [-0.15, -0.1) is 0 Å². The first-order chi connectivity index (χ1) is 9.22. The number of aromatic nitrogens is 2. The van der Waals surface area contributed by atoms with Gasteiger partial charge in [0, 0.05) is 49.7 Å². The Balaban J connectivity index is 1.56. The van der Waals surface area contributed by atoms with Crippen molar-refractivity contribution in [2.45, 2.75) is 37.9 Å². The molecule has 2 fully saturated rings. The highest BCUT2D eigenvalue weighted by Crippen LogP contribution is 2.20. The van der Waals surface area contributed by atoms with Crippen molar-refractivity contribution in [3.63, 3.8) is 0 Å². The fourth-order valence-electron chi connectivity index (χ4n) is 2.50. The summed E-state index contributed by atoms with van der Waals surface area (Å²) >= 11 is 0. The van der Waals surface area contributed by atoms with Crippen LogP contribution in [-0.2, 0) is 6.54 Å². The van der Waals surface area contributed by atoms with Gasteiger partial charge in [0.05, 0.1) is 0 Å². The molecule has 0 spiro atoms. The molecule has 1 aromatic rings. The Bertz CT molecular complexity index is 412. The monoisotopic (exact) mass is 261 g/mol. The summed E-state index contributed by atoms with van der Waals surface area (Å²) in [6.07, 6.45) is 7.75. The summed E-state index contributed by atoms with van der Waals surface area (Å²) in [7, 11) is 4.28. The van der Waals surface area contributed by atoms with Crippen molar-refractivity contribution in [3.05, 3.63) is 18.0 Å². The van der Waals surface area contributed by atoms with Crippen LogP contribution in [0, 0.1) is 0 Å². The van der Waals surface area contributed by atoms with Gasteiger partial charge < -0.3 is 15.1 Å². The molecule has 1 aliphatic heterocycles. The molecule has 19 heavy (non-hydrogen) atoms. The lowest BCUT2D eigenvalue weighted by Gasteiger charge is -2.20. The molecule has 0 aromatic carbocycles. The fourth-order valence-corrected chi connectivity index (χ4v) is 2.50. The summed E-state index contributed by atoms with van der Waals surface area (Å²) in [6, 6.07) is 1.36. The van der Waals surface area contributed by atoms with Gasteiger partial charge in [-0.2, -0.15) is 0 Å². The van der Waals surface area contributed by atoms with Crippen LogP contribution in [0.3, 0.4) is 0 Å². The van der Waals surface area contributed by atoms with E-state index in [9.17, 15) is 0 Å². The molecular weight excluding hydrogens is 238 g/mol. The number of hydrogen-bond donors (Lipinski definition) is 1. The van der Waals surface area contributed by atoms with Crippen LogP contribution >= 0.6 is 0 Å². The third-order valence-electron chi connectivity index (χ3n) is 4.04. The van der Waals surface area contributed by atoms with Gasteiger partial charge in [-0.25, -0.2) is 9.97 Å². The smallest absolute Gasteiger partial charge is 0.225 e. The summed E-state index contributed by atoms with van der Waals surface area (Å²) < 4.78 is 0. The molecule has 104 valence electrons. The first-order valence-electron chi connectivity index (χ1n) is 7.18. The quantitative estimate of drug-likeness (QED) is 0.852. The van der Waals surface area contributed by atoms with Gasteiger partial charge in [-0.1, -0.05) is 0 Å². The van der Waals surface area contributed by atoms with Crippen molar-refractivity contribution >= 4 is 5.95 Å². The van der Waals surface area contributed by atoms with E-state index in [0.717, 1.165) is 31.6 Å². The highest BCUT2D eigenvalue weighted by molar-refractivity contribution is 5.32. The zero-order valence-electron chi connectivity index (χ0n) is 11.8.